The molecule has 3 atom stereocenters. The first-order chi connectivity index (χ1) is 9.26. The number of hydrogen-bond acceptors (Lipinski definition) is 3. The molecule has 2 aliphatic rings. The lowest BCUT2D eigenvalue weighted by atomic mass is 10.0. The maximum absolute atomic E-state index is 12.1. The number of fused-ring (bicyclic) bond motifs is 1. The van der Waals surface area contributed by atoms with Gasteiger partial charge in [-0.1, -0.05) is 19.3 Å². The van der Waals surface area contributed by atoms with Crippen molar-refractivity contribution in [3.05, 3.63) is 23.9 Å². The van der Waals surface area contributed by atoms with Crippen LogP contribution in [0.5, 0.6) is 5.88 Å². The average Bonchev–Trinajstić information content (AvgIpc) is 2.99. The number of nitrogens with zero attached hydrogens (tertiary/aromatic N) is 1. The number of rotatable bonds is 3. The fourth-order valence-corrected chi connectivity index (χ4v) is 3.58. The number of nitrogens with one attached hydrogen (secondary N) is 1. The maximum atomic E-state index is 12.1. The molecular formula is C15H20N2O2. The van der Waals surface area contributed by atoms with E-state index in [1.165, 1.54) is 19.3 Å². The van der Waals surface area contributed by atoms with Crippen LogP contribution in [-0.2, 0) is 0 Å². The zero-order valence-corrected chi connectivity index (χ0v) is 11.3. The summed E-state index contributed by atoms with van der Waals surface area (Å²) in [6.45, 7) is 0. The summed E-state index contributed by atoms with van der Waals surface area (Å²) in [7, 11) is 1.57. The van der Waals surface area contributed by atoms with E-state index in [2.05, 4.69) is 10.3 Å². The van der Waals surface area contributed by atoms with E-state index in [1.807, 2.05) is 0 Å². The van der Waals surface area contributed by atoms with Crippen LogP contribution in [-0.4, -0.2) is 24.0 Å². The third kappa shape index (κ3) is 2.57. The smallest absolute Gasteiger partial charge is 0.253 e. The van der Waals surface area contributed by atoms with Crippen molar-refractivity contribution in [3.8, 4) is 5.88 Å². The molecule has 4 nitrogen and oxygen atoms in total. The van der Waals surface area contributed by atoms with Crippen molar-refractivity contribution in [2.24, 2.45) is 11.8 Å². The summed E-state index contributed by atoms with van der Waals surface area (Å²) in [6.07, 6.45) is 7.95. The normalized spacial score (nSPS) is 29.0. The predicted molar refractivity (Wildman–Crippen MR) is 72.1 cm³/mol. The lowest BCUT2D eigenvalue weighted by Gasteiger charge is -2.13. The average molecular weight is 260 g/mol. The summed E-state index contributed by atoms with van der Waals surface area (Å²) in [5.41, 5.74) is 0.609. The minimum Gasteiger partial charge on any atom is -0.481 e. The van der Waals surface area contributed by atoms with Gasteiger partial charge < -0.3 is 10.1 Å². The van der Waals surface area contributed by atoms with Gasteiger partial charge >= 0.3 is 0 Å². The molecule has 2 fully saturated rings. The van der Waals surface area contributed by atoms with Crippen molar-refractivity contribution >= 4 is 5.91 Å². The third-order valence-corrected chi connectivity index (χ3v) is 4.53. The Morgan fingerprint density at radius 3 is 2.63 bits per heavy atom. The Morgan fingerprint density at radius 2 is 2.05 bits per heavy atom. The van der Waals surface area contributed by atoms with Gasteiger partial charge in [0.15, 0.2) is 0 Å². The van der Waals surface area contributed by atoms with Gasteiger partial charge in [0.05, 0.1) is 12.7 Å². The fourth-order valence-electron chi connectivity index (χ4n) is 3.58. The Hall–Kier alpha value is -1.58. The summed E-state index contributed by atoms with van der Waals surface area (Å²) in [4.78, 5) is 16.2. The van der Waals surface area contributed by atoms with Crippen LogP contribution in [0.15, 0.2) is 18.3 Å². The minimum atomic E-state index is -0.0138. The lowest BCUT2D eigenvalue weighted by molar-refractivity contribution is 0.0936. The first kappa shape index (κ1) is 12.5. The summed E-state index contributed by atoms with van der Waals surface area (Å²) >= 11 is 0. The van der Waals surface area contributed by atoms with E-state index in [9.17, 15) is 4.79 Å². The fraction of sp³-hybridized carbons (Fsp3) is 0.600. The Labute approximate surface area is 113 Å². The van der Waals surface area contributed by atoms with Crippen LogP contribution in [0.4, 0.5) is 0 Å². The summed E-state index contributed by atoms with van der Waals surface area (Å²) in [5, 5.41) is 3.14. The minimum absolute atomic E-state index is 0.0138. The molecule has 0 aliphatic heterocycles. The number of methoxy groups -OCH3 is 1. The van der Waals surface area contributed by atoms with Crippen LogP contribution < -0.4 is 10.1 Å². The van der Waals surface area contributed by atoms with Gasteiger partial charge in [-0.2, -0.15) is 0 Å². The highest BCUT2D eigenvalue weighted by molar-refractivity contribution is 5.94. The monoisotopic (exact) mass is 260 g/mol. The van der Waals surface area contributed by atoms with Gasteiger partial charge in [0.1, 0.15) is 0 Å². The van der Waals surface area contributed by atoms with E-state index in [0.717, 1.165) is 24.7 Å². The quantitative estimate of drug-likeness (QED) is 0.908. The number of pyridine rings is 1. The summed E-state index contributed by atoms with van der Waals surface area (Å²) < 4.78 is 4.99. The second-order valence-corrected chi connectivity index (χ2v) is 5.68. The highest BCUT2D eigenvalue weighted by Gasteiger charge is 2.37. The van der Waals surface area contributed by atoms with Crippen LogP contribution >= 0.6 is 0 Å². The van der Waals surface area contributed by atoms with Crippen LogP contribution in [0, 0.1) is 11.8 Å². The molecule has 19 heavy (non-hydrogen) atoms. The van der Waals surface area contributed by atoms with Crippen molar-refractivity contribution in [2.75, 3.05) is 7.11 Å². The second kappa shape index (κ2) is 5.19. The molecule has 2 saturated carbocycles. The third-order valence-electron chi connectivity index (χ3n) is 4.53. The zero-order chi connectivity index (χ0) is 13.2. The molecule has 3 rings (SSSR count). The summed E-state index contributed by atoms with van der Waals surface area (Å²) in [6, 6.07) is 3.83. The second-order valence-electron chi connectivity index (χ2n) is 5.68. The Balaban J connectivity index is 1.59. The number of aromatic nitrogens is 1. The number of carbonyl (C=O) groups excluding carboxylic acids is 1. The standard InChI is InChI=1S/C15H20N2O2/c1-19-14-6-5-12(9-16-14)15(18)17-13-7-10-3-2-4-11(10)8-13/h5-6,9-11,13H,2-4,7-8H2,1H3,(H,17,18)/t10-,11+,13?. The molecule has 1 aromatic heterocycles. The van der Waals surface area contributed by atoms with E-state index in [4.69, 9.17) is 4.74 Å². The molecule has 0 saturated heterocycles. The van der Waals surface area contributed by atoms with Gasteiger partial charge in [-0.15, -0.1) is 0 Å². The van der Waals surface area contributed by atoms with Gasteiger partial charge in [-0.25, -0.2) is 4.98 Å². The number of ether oxygens (including phenoxy) is 1. The first-order valence-electron chi connectivity index (χ1n) is 7.07. The molecule has 0 bridgehead atoms. The Morgan fingerprint density at radius 1 is 1.32 bits per heavy atom. The molecule has 4 heteroatoms. The van der Waals surface area contributed by atoms with Gasteiger partial charge in [-0.3, -0.25) is 4.79 Å². The highest BCUT2D eigenvalue weighted by Crippen LogP contribution is 2.43. The van der Waals surface area contributed by atoms with E-state index >= 15 is 0 Å². The van der Waals surface area contributed by atoms with Crippen molar-refractivity contribution < 1.29 is 9.53 Å². The largest absolute Gasteiger partial charge is 0.481 e. The van der Waals surface area contributed by atoms with Crippen molar-refractivity contribution in [1.82, 2.24) is 10.3 Å². The number of amides is 1. The molecule has 0 aromatic carbocycles. The molecule has 1 amide bonds. The number of hydrogen-bond donors (Lipinski definition) is 1. The van der Waals surface area contributed by atoms with Gasteiger partial charge in [-0.05, 0) is 30.7 Å². The molecule has 1 aromatic rings. The molecule has 0 radical (unpaired) electrons. The van der Waals surface area contributed by atoms with Gasteiger partial charge in [0, 0.05) is 18.3 Å². The van der Waals surface area contributed by atoms with Crippen molar-refractivity contribution in [1.29, 1.82) is 0 Å². The SMILES string of the molecule is COc1ccc(C(=O)NC2C[C@H]3CCC[C@H]3C2)cn1. The van der Waals surface area contributed by atoms with E-state index in [1.54, 1.807) is 25.4 Å². The highest BCUT2D eigenvalue weighted by atomic mass is 16.5. The topological polar surface area (TPSA) is 51.2 Å². The van der Waals surface area contributed by atoms with Crippen LogP contribution in [0.1, 0.15) is 42.5 Å². The Kier molecular flexibility index (Phi) is 3.40. The molecule has 102 valence electrons. The Bertz CT molecular complexity index is 446. The summed E-state index contributed by atoms with van der Waals surface area (Å²) in [5.74, 6) is 2.21. The molecule has 1 heterocycles. The van der Waals surface area contributed by atoms with Crippen LogP contribution in [0.3, 0.4) is 0 Å². The van der Waals surface area contributed by atoms with Gasteiger partial charge in [0.2, 0.25) is 5.88 Å². The number of carbonyl (C=O) groups is 1. The van der Waals surface area contributed by atoms with Crippen LogP contribution in [0.2, 0.25) is 0 Å². The zero-order valence-electron chi connectivity index (χ0n) is 11.3. The van der Waals surface area contributed by atoms with Gasteiger partial charge in [0.25, 0.3) is 5.91 Å². The molecule has 1 N–H and O–H groups in total. The first-order valence-corrected chi connectivity index (χ1v) is 7.07. The molecule has 0 spiro atoms. The van der Waals surface area contributed by atoms with E-state index in [-0.39, 0.29) is 5.91 Å². The molecular weight excluding hydrogens is 240 g/mol. The van der Waals surface area contributed by atoms with Crippen LogP contribution in [0.25, 0.3) is 0 Å². The molecule has 1 unspecified atom stereocenters. The lowest BCUT2D eigenvalue weighted by Crippen LogP contribution is -2.33. The predicted octanol–water partition coefficient (Wildman–Crippen LogP) is 2.40. The van der Waals surface area contributed by atoms with E-state index in [0.29, 0.717) is 17.5 Å². The van der Waals surface area contributed by atoms with Crippen molar-refractivity contribution in [2.45, 2.75) is 38.1 Å². The van der Waals surface area contributed by atoms with E-state index < -0.39 is 0 Å². The maximum Gasteiger partial charge on any atom is 0.253 e. The molecule has 2 aliphatic carbocycles. The van der Waals surface area contributed by atoms with Crippen molar-refractivity contribution in [3.63, 3.8) is 0 Å².